The van der Waals surface area contributed by atoms with Crippen molar-refractivity contribution < 1.29 is 23.5 Å². The van der Waals surface area contributed by atoms with Gasteiger partial charge >= 0.3 is 12.0 Å². The fraction of sp³-hybridized carbons (Fsp3) is 0.370. The highest BCUT2D eigenvalue weighted by Crippen LogP contribution is 2.31. The Morgan fingerprint density at radius 2 is 1.67 bits per heavy atom. The van der Waals surface area contributed by atoms with Crippen LogP contribution in [0.2, 0.25) is 0 Å². The van der Waals surface area contributed by atoms with Gasteiger partial charge in [-0.15, -0.1) is 0 Å². The van der Waals surface area contributed by atoms with E-state index in [-0.39, 0.29) is 24.4 Å². The van der Waals surface area contributed by atoms with Crippen LogP contribution in [0.5, 0.6) is 0 Å². The van der Waals surface area contributed by atoms with E-state index in [1.165, 1.54) is 29.2 Å². The molecular weight excluding hydrogens is 463 g/mol. The molecule has 0 aliphatic carbocycles. The summed E-state index contributed by atoms with van der Waals surface area (Å²) in [4.78, 5) is 44.1. The lowest BCUT2D eigenvalue weighted by Gasteiger charge is -2.39. The Labute approximate surface area is 210 Å². The average molecular weight is 495 g/mol. The van der Waals surface area contributed by atoms with Crippen LogP contribution in [0.4, 0.5) is 9.18 Å². The average Bonchev–Trinajstić information content (AvgIpc) is 2.87. The lowest BCUT2D eigenvalue weighted by molar-refractivity contribution is -0.139. The number of piperazine rings is 1. The van der Waals surface area contributed by atoms with Gasteiger partial charge in [0.1, 0.15) is 5.82 Å². The Hall–Kier alpha value is -3.72. The maximum atomic E-state index is 13.2. The quantitative estimate of drug-likeness (QED) is 0.624. The molecule has 0 radical (unpaired) electrons. The van der Waals surface area contributed by atoms with Gasteiger partial charge in [-0.25, -0.2) is 14.0 Å². The monoisotopic (exact) mass is 494 g/mol. The molecule has 1 unspecified atom stereocenters. The Morgan fingerprint density at radius 3 is 2.28 bits per heavy atom. The van der Waals surface area contributed by atoms with Crippen LogP contribution in [0.1, 0.15) is 34.5 Å². The van der Waals surface area contributed by atoms with Crippen molar-refractivity contribution in [2.24, 2.45) is 0 Å². The third kappa shape index (κ3) is 5.41. The molecule has 3 amide bonds. The van der Waals surface area contributed by atoms with Gasteiger partial charge in [0.05, 0.1) is 18.2 Å². The van der Waals surface area contributed by atoms with E-state index in [4.69, 9.17) is 4.74 Å². The second-order valence-corrected chi connectivity index (χ2v) is 9.01. The van der Waals surface area contributed by atoms with E-state index < -0.39 is 12.0 Å². The fourth-order valence-electron chi connectivity index (χ4n) is 4.50. The molecule has 0 spiro atoms. The van der Waals surface area contributed by atoms with Crippen molar-refractivity contribution in [1.29, 1.82) is 0 Å². The maximum Gasteiger partial charge on any atom is 0.338 e. The molecule has 4 rings (SSSR count). The molecule has 2 heterocycles. The first kappa shape index (κ1) is 25.4. The molecule has 2 aliphatic heterocycles. The third-order valence-corrected chi connectivity index (χ3v) is 6.61. The van der Waals surface area contributed by atoms with Gasteiger partial charge in [0.25, 0.3) is 5.91 Å². The summed E-state index contributed by atoms with van der Waals surface area (Å²) >= 11 is 0. The number of likely N-dealkylation sites (N-methyl/N-ethyl adjacent to an activating group) is 1. The number of hydrogen-bond donors (Lipinski definition) is 1. The number of halogens is 1. The molecule has 9 heteroatoms. The van der Waals surface area contributed by atoms with Gasteiger partial charge in [-0.3, -0.25) is 14.6 Å². The highest BCUT2D eigenvalue weighted by Gasteiger charge is 2.37. The van der Waals surface area contributed by atoms with Crippen molar-refractivity contribution in [1.82, 2.24) is 20.0 Å². The van der Waals surface area contributed by atoms with Gasteiger partial charge in [-0.1, -0.05) is 29.8 Å². The molecule has 36 heavy (non-hydrogen) atoms. The number of nitrogens with one attached hydrogen (secondary N) is 1. The number of nitrogens with zero attached hydrogens (tertiary/aromatic N) is 3. The molecule has 0 bridgehead atoms. The fourth-order valence-corrected chi connectivity index (χ4v) is 4.50. The van der Waals surface area contributed by atoms with Crippen LogP contribution >= 0.6 is 0 Å². The van der Waals surface area contributed by atoms with E-state index in [0.717, 1.165) is 11.1 Å². The molecule has 190 valence electrons. The van der Waals surface area contributed by atoms with Crippen LogP contribution in [-0.2, 0) is 9.53 Å². The third-order valence-electron chi connectivity index (χ3n) is 6.61. The van der Waals surface area contributed by atoms with Gasteiger partial charge in [-0.2, -0.15) is 0 Å². The van der Waals surface area contributed by atoms with E-state index in [2.05, 4.69) is 10.2 Å². The number of amides is 3. The van der Waals surface area contributed by atoms with E-state index >= 15 is 0 Å². The van der Waals surface area contributed by atoms with Gasteiger partial charge in [-0.05, 0) is 43.7 Å². The zero-order valence-electron chi connectivity index (χ0n) is 20.8. The van der Waals surface area contributed by atoms with Gasteiger partial charge < -0.3 is 15.0 Å². The van der Waals surface area contributed by atoms with Crippen molar-refractivity contribution in [2.75, 3.05) is 46.4 Å². The van der Waals surface area contributed by atoms with Crippen LogP contribution < -0.4 is 5.32 Å². The first-order valence-corrected chi connectivity index (χ1v) is 12.1. The Balaban J connectivity index is 1.55. The summed E-state index contributed by atoms with van der Waals surface area (Å²) < 4.78 is 18.6. The number of carbonyl (C=O) groups is 3. The summed E-state index contributed by atoms with van der Waals surface area (Å²) in [7, 11) is 1.64. The molecule has 1 N–H and O–H groups in total. The standard InChI is InChI=1S/C27H31FN4O4/c1-4-36-26(34)23-22(30(3)27(35)29-24(23)19-7-5-18(2)6-8-19)17-31-13-15-32(16-14-31)25(33)20-9-11-21(28)12-10-20/h5-12,24H,4,13-17H2,1-3H3,(H,29,35). The van der Waals surface area contributed by atoms with E-state index in [1.54, 1.807) is 18.9 Å². The van der Waals surface area contributed by atoms with Crippen LogP contribution in [0, 0.1) is 12.7 Å². The molecule has 1 saturated heterocycles. The molecule has 0 aromatic heterocycles. The summed E-state index contributed by atoms with van der Waals surface area (Å²) in [6.45, 7) is 6.41. The van der Waals surface area contributed by atoms with Crippen molar-refractivity contribution in [2.45, 2.75) is 19.9 Å². The summed E-state index contributed by atoms with van der Waals surface area (Å²) in [5, 5.41) is 2.93. The Bertz CT molecular complexity index is 1160. The van der Waals surface area contributed by atoms with Crippen LogP contribution in [0.15, 0.2) is 59.8 Å². The van der Waals surface area contributed by atoms with E-state index in [9.17, 15) is 18.8 Å². The van der Waals surface area contributed by atoms with E-state index in [0.29, 0.717) is 49.6 Å². The lowest BCUT2D eigenvalue weighted by atomic mass is 9.93. The molecule has 2 aromatic carbocycles. The number of ether oxygens (including phenoxy) is 1. The number of esters is 1. The minimum atomic E-state index is -0.621. The zero-order valence-corrected chi connectivity index (χ0v) is 20.8. The summed E-state index contributed by atoms with van der Waals surface area (Å²) in [6.07, 6.45) is 0. The number of aryl methyl sites for hydroxylation is 1. The molecule has 8 nitrogen and oxygen atoms in total. The number of carbonyl (C=O) groups excluding carboxylic acids is 3. The Morgan fingerprint density at radius 1 is 1.03 bits per heavy atom. The van der Waals surface area contributed by atoms with Crippen molar-refractivity contribution >= 4 is 17.9 Å². The second kappa shape index (κ2) is 10.9. The molecule has 2 aliphatic rings. The van der Waals surface area contributed by atoms with Crippen LogP contribution in [0.25, 0.3) is 0 Å². The van der Waals surface area contributed by atoms with Gasteiger partial charge in [0.2, 0.25) is 0 Å². The molecule has 2 aromatic rings. The normalized spacial score (nSPS) is 18.8. The summed E-state index contributed by atoms with van der Waals surface area (Å²) in [6, 6.07) is 12.3. The van der Waals surface area contributed by atoms with Crippen molar-refractivity contribution in [3.8, 4) is 0 Å². The first-order chi connectivity index (χ1) is 17.3. The minimum absolute atomic E-state index is 0.144. The lowest BCUT2D eigenvalue weighted by Crippen LogP contribution is -2.53. The van der Waals surface area contributed by atoms with Gasteiger partial charge in [0, 0.05) is 51.0 Å². The molecular formula is C27H31FN4O4. The topological polar surface area (TPSA) is 82.2 Å². The second-order valence-electron chi connectivity index (χ2n) is 9.01. The van der Waals surface area contributed by atoms with Gasteiger partial charge in [0.15, 0.2) is 0 Å². The predicted octanol–water partition coefficient (Wildman–Crippen LogP) is 3.11. The number of urea groups is 1. The van der Waals surface area contributed by atoms with E-state index in [1.807, 2.05) is 31.2 Å². The smallest absolute Gasteiger partial charge is 0.338 e. The number of rotatable bonds is 6. The van der Waals surface area contributed by atoms with Crippen LogP contribution in [0.3, 0.4) is 0 Å². The summed E-state index contributed by atoms with van der Waals surface area (Å²) in [5.74, 6) is -0.989. The first-order valence-electron chi connectivity index (χ1n) is 12.1. The maximum absolute atomic E-state index is 13.2. The SMILES string of the molecule is CCOC(=O)C1=C(CN2CCN(C(=O)c3ccc(F)cc3)CC2)N(C)C(=O)NC1c1ccc(C)cc1. The zero-order chi connectivity index (χ0) is 25.8. The minimum Gasteiger partial charge on any atom is -0.463 e. The number of hydrogen-bond acceptors (Lipinski definition) is 5. The van der Waals surface area contributed by atoms with Crippen LogP contribution in [-0.4, -0.2) is 79.0 Å². The molecule has 1 atom stereocenters. The van der Waals surface area contributed by atoms with Crippen molar-refractivity contribution in [3.05, 3.63) is 82.3 Å². The highest BCUT2D eigenvalue weighted by molar-refractivity contribution is 5.95. The number of benzene rings is 2. The molecule has 1 fully saturated rings. The molecule has 0 saturated carbocycles. The summed E-state index contributed by atoms with van der Waals surface area (Å²) in [5.41, 5.74) is 3.32. The highest BCUT2D eigenvalue weighted by atomic mass is 19.1. The predicted molar refractivity (Wildman–Crippen MR) is 133 cm³/mol. The Kier molecular flexibility index (Phi) is 7.69. The van der Waals surface area contributed by atoms with Crippen molar-refractivity contribution in [3.63, 3.8) is 0 Å². The largest absolute Gasteiger partial charge is 0.463 e.